The Morgan fingerprint density at radius 3 is 2.52 bits per heavy atom. The third-order valence-corrected chi connectivity index (χ3v) is 4.65. The summed E-state index contributed by atoms with van der Waals surface area (Å²) < 4.78 is 11.0. The highest BCUT2D eigenvalue weighted by Gasteiger charge is 2.35. The van der Waals surface area contributed by atoms with Gasteiger partial charge in [-0.25, -0.2) is 9.59 Å². The van der Waals surface area contributed by atoms with E-state index >= 15 is 0 Å². The Bertz CT molecular complexity index is 899. The van der Waals surface area contributed by atoms with Gasteiger partial charge < -0.3 is 20.1 Å². The van der Waals surface area contributed by atoms with Crippen molar-refractivity contribution in [3.8, 4) is 5.75 Å². The summed E-state index contributed by atoms with van der Waals surface area (Å²) in [4.78, 5) is 24.3. The maximum absolute atomic E-state index is 12.5. The smallest absolute Gasteiger partial charge is 0.411 e. The second-order valence-electron chi connectivity index (χ2n) is 7.32. The molecule has 0 bridgehead atoms. The van der Waals surface area contributed by atoms with E-state index in [1.165, 1.54) is 0 Å². The first-order valence-corrected chi connectivity index (χ1v) is 9.73. The van der Waals surface area contributed by atoms with Crippen molar-refractivity contribution < 1.29 is 19.1 Å². The van der Waals surface area contributed by atoms with Gasteiger partial charge in [0.15, 0.2) is 0 Å². The Morgan fingerprint density at radius 1 is 1.14 bits per heavy atom. The van der Waals surface area contributed by atoms with Crippen LogP contribution >= 0.6 is 11.6 Å². The van der Waals surface area contributed by atoms with Crippen LogP contribution in [0.2, 0.25) is 5.02 Å². The van der Waals surface area contributed by atoms with Crippen molar-refractivity contribution in [2.75, 3.05) is 17.2 Å². The summed E-state index contributed by atoms with van der Waals surface area (Å²) in [7, 11) is 0. The zero-order valence-corrected chi connectivity index (χ0v) is 17.3. The summed E-state index contributed by atoms with van der Waals surface area (Å²) >= 11 is 5.88. The zero-order chi connectivity index (χ0) is 21.0. The van der Waals surface area contributed by atoms with Gasteiger partial charge >= 0.3 is 12.1 Å². The van der Waals surface area contributed by atoms with Gasteiger partial charge in [0.25, 0.3) is 0 Å². The number of urea groups is 1. The largest absolute Gasteiger partial charge is 0.487 e. The number of hydrogen-bond donors (Lipinski definition) is 3. The van der Waals surface area contributed by atoms with Crippen molar-refractivity contribution in [1.29, 1.82) is 0 Å². The molecule has 3 amide bonds. The van der Waals surface area contributed by atoms with Gasteiger partial charge in [-0.3, -0.25) is 5.32 Å². The number of halogens is 1. The Hall–Kier alpha value is -2.93. The normalized spacial score (nSPS) is 16.8. The average molecular weight is 418 g/mol. The van der Waals surface area contributed by atoms with Crippen LogP contribution in [0, 0.1) is 0 Å². The minimum absolute atomic E-state index is 0.281. The highest BCUT2D eigenvalue weighted by Crippen LogP contribution is 2.40. The van der Waals surface area contributed by atoms with E-state index < -0.39 is 11.7 Å². The Labute approximate surface area is 174 Å². The van der Waals surface area contributed by atoms with Gasteiger partial charge in [-0.2, -0.15) is 0 Å². The highest BCUT2D eigenvalue weighted by atomic mass is 35.5. The quantitative estimate of drug-likeness (QED) is 0.627. The number of rotatable bonds is 4. The predicted molar refractivity (Wildman–Crippen MR) is 113 cm³/mol. The Balaban J connectivity index is 1.78. The highest BCUT2D eigenvalue weighted by molar-refractivity contribution is 6.30. The molecule has 1 aliphatic heterocycles. The van der Waals surface area contributed by atoms with Crippen LogP contribution in [-0.4, -0.2) is 24.3 Å². The molecule has 154 valence electrons. The van der Waals surface area contributed by atoms with Gasteiger partial charge in [-0.15, -0.1) is 0 Å². The molecule has 7 nitrogen and oxygen atoms in total. The molecule has 2 aromatic rings. The van der Waals surface area contributed by atoms with E-state index in [0.29, 0.717) is 28.6 Å². The SMILES string of the molecule is CCOC(=O)Nc1ccc2c(c1)C(NC(=O)Nc1ccc(Cl)cc1)CC(C)(C)O2. The second kappa shape index (κ2) is 8.61. The monoisotopic (exact) mass is 417 g/mol. The lowest BCUT2D eigenvalue weighted by Crippen LogP contribution is -2.42. The number of anilines is 2. The molecule has 0 aliphatic carbocycles. The summed E-state index contributed by atoms with van der Waals surface area (Å²) in [6, 6.07) is 11.5. The number of hydrogen-bond acceptors (Lipinski definition) is 4. The lowest BCUT2D eigenvalue weighted by atomic mass is 9.89. The van der Waals surface area contributed by atoms with Crippen LogP contribution in [0.3, 0.4) is 0 Å². The van der Waals surface area contributed by atoms with Crippen molar-refractivity contribution in [3.05, 3.63) is 53.1 Å². The van der Waals surface area contributed by atoms with Gasteiger partial charge in [-0.1, -0.05) is 11.6 Å². The molecule has 1 atom stereocenters. The van der Waals surface area contributed by atoms with Crippen LogP contribution in [0.25, 0.3) is 0 Å². The van der Waals surface area contributed by atoms with Crippen LogP contribution in [-0.2, 0) is 4.74 Å². The molecule has 2 aromatic carbocycles. The van der Waals surface area contributed by atoms with E-state index in [0.717, 1.165) is 5.56 Å². The lowest BCUT2D eigenvalue weighted by Gasteiger charge is -2.38. The minimum atomic E-state index is -0.533. The van der Waals surface area contributed by atoms with Gasteiger partial charge in [-0.05, 0) is 63.2 Å². The van der Waals surface area contributed by atoms with E-state index in [1.807, 2.05) is 13.8 Å². The topological polar surface area (TPSA) is 88.7 Å². The molecular weight excluding hydrogens is 394 g/mol. The van der Waals surface area contributed by atoms with Gasteiger partial charge in [0.1, 0.15) is 11.4 Å². The molecule has 0 aromatic heterocycles. The van der Waals surface area contributed by atoms with Crippen LogP contribution in [0.1, 0.15) is 38.8 Å². The molecule has 29 heavy (non-hydrogen) atoms. The van der Waals surface area contributed by atoms with E-state index in [1.54, 1.807) is 49.4 Å². The molecular formula is C21H24ClN3O4. The molecule has 0 fully saturated rings. The summed E-state index contributed by atoms with van der Waals surface area (Å²) in [5.74, 6) is 0.660. The van der Waals surface area contributed by atoms with E-state index in [4.69, 9.17) is 21.1 Å². The first kappa shape index (κ1) is 20.8. The molecule has 0 saturated carbocycles. The van der Waals surface area contributed by atoms with Gasteiger partial charge in [0.2, 0.25) is 0 Å². The summed E-state index contributed by atoms with van der Waals surface area (Å²) in [5.41, 5.74) is 1.53. The minimum Gasteiger partial charge on any atom is -0.487 e. The van der Waals surface area contributed by atoms with Crippen molar-refractivity contribution in [1.82, 2.24) is 5.32 Å². The van der Waals surface area contributed by atoms with Crippen LogP contribution in [0.15, 0.2) is 42.5 Å². The fourth-order valence-corrected chi connectivity index (χ4v) is 3.33. The summed E-state index contributed by atoms with van der Waals surface area (Å²) in [5, 5.41) is 9.06. The van der Waals surface area contributed by atoms with Gasteiger partial charge in [0.05, 0.1) is 12.6 Å². The van der Waals surface area contributed by atoms with Crippen LogP contribution < -0.4 is 20.7 Å². The molecule has 3 N–H and O–H groups in total. The number of benzene rings is 2. The van der Waals surface area contributed by atoms with E-state index in [2.05, 4.69) is 16.0 Å². The lowest BCUT2D eigenvalue weighted by molar-refractivity contribution is 0.0683. The maximum atomic E-state index is 12.5. The summed E-state index contributed by atoms with van der Waals surface area (Å²) in [6.07, 6.45) is 0.0335. The van der Waals surface area contributed by atoms with Crippen LogP contribution in [0.4, 0.5) is 21.0 Å². The zero-order valence-electron chi connectivity index (χ0n) is 16.5. The number of ether oxygens (including phenoxy) is 2. The third kappa shape index (κ3) is 5.54. The molecule has 0 saturated heterocycles. The van der Waals surface area contributed by atoms with Crippen molar-refractivity contribution in [2.24, 2.45) is 0 Å². The number of nitrogens with one attached hydrogen (secondary N) is 3. The molecule has 1 aliphatic rings. The Kier molecular flexibility index (Phi) is 6.17. The third-order valence-electron chi connectivity index (χ3n) is 4.40. The summed E-state index contributed by atoms with van der Waals surface area (Å²) in [6.45, 7) is 5.95. The fourth-order valence-electron chi connectivity index (χ4n) is 3.20. The first-order valence-electron chi connectivity index (χ1n) is 9.35. The molecule has 0 spiro atoms. The second-order valence-corrected chi connectivity index (χ2v) is 7.76. The number of carbonyl (C=O) groups is 2. The van der Waals surface area contributed by atoms with Gasteiger partial charge in [0, 0.05) is 28.4 Å². The van der Waals surface area contributed by atoms with Crippen molar-refractivity contribution >= 4 is 35.1 Å². The predicted octanol–water partition coefficient (Wildman–Crippen LogP) is 5.33. The molecule has 1 unspecified atom stereocenters. The molecule has 3 rings (SSSR count). The van der Waals surface area contributed by atoms with E-state index in [-0.39, 0.29) is 18.7 Å². The van der Waals surface area contributed by atoms with Crippen LogP contribution in [0.5, 0.6) is 5.75 Å². The Morgan fingerprint density at radius 2 is 1.83 bits per heavy atom. The maximum Gasteiger partial charge on any atom is 0.411 e. The molecule has 1 heterocycles. The molecule has 0 radical (unpaired) electrons. The standard InChI is InChI=1S/C21H24ClN3O4/c1-4-28-20(27)24-15-9-10-18-16(11-15)17(12-21(2,3)29-18)25-19(26)23-14-7-5-13(22)6-8-14/h5-11,17H,4,12H2,1-3H3,(H,24,27)(H2,23,25,26). The van der Waals surface area contributed by atoms with E-state index in [9.17, 15) is 9.59 Å². The average Bonchev–Trinajstić information content (AvgIpc) is 2.63. The number of fused-ring (bicyclic) bond motifs is 1. The molecule has 8 heteroatoms. The number of amides is 3. The number of carbonyl (C=O) groups excluding carboxylic acids is 2. The first-order chi connectivity index (χ1) is 13.8. The fraction of sp³-hybridized carbons (Fsp3) is 0.333. The van der Waals surface area contributed by atoms with Crippen molar-refractivity contribution in [2.45, 2.75) is 38.8 Å². The van der Waals surface area contributed by atoms with Crippen molar-refractivity contribution in [3.63, 3.8) is 0 Å².